The van der Waals surface area contributed by atoms with Gasteiger partial charge in [-0.3, -0.25) is 5.41 Å². The highest BCUT2D eigenvalue weighted by atomic mass is 35.6. The molecule has 1 fully saturated rings. The standard InChI is InChI=1S/C12H16Cl3NO/c1-2-6-10(9-7-4-3-5-8-9)17-11(16)12(13,14)15/h1,9-10,16H,3-8H2. The second kappa shape index (κ2) is 6.73. The van der Waals surface area contributed by atoms with Crippen LogP contribution in [0.2, 0.25) is 0 Å². The average molecular weight is 297 g/mol. The Morgan fingerprint density at radius 1 is 1.35 bits per heavy atom. The van der Waals surface area contributed by atoms with E-state index in [1.165, 1.54) is 19.3 Å². The molecule has 0 aromatic heterocycles. The molecule has 0 aromatic rings. The molecule has 1 aliphatic rings. The summed E-state index contributed by atoms with van der Waals surface area (Å²) in [6.45, 7) is 0. The van der Waals surface area contributed by atoms with Crippen molar-refractivity contribution in [1.29, 1.82) is 5.41 Å². The highest BCUT2D eigenvalue weighted by Gasteiger charge is 2.33. The first-order chi connectivity index (χ1) is 7.95. The molecule has 96 valence electrons. The van der Waals surface area contributed by atoms with Crippen LogP contribution in [0.25, 0.3) is 0 Å². The highest BCUT2D eigenvalue weighted by molar-refractivity contribution is 6.76. The minimum absolute atomic E-state index is 0.205. The van der Waals surface area contributed by atoms with Crippen molar-refractivity contribution in [2.45, 2.75) is 48.4 Å². The van der Waals surface area contributed by atoms with Gasteiger partial charge in [0, 0.05) is 6.42 Å². The van der Waals surface area contributed by atoms with Gasteiger partial charge >= 0.3 is 0 Å². The molecule has 1 rings (SSSR count). The number of terminal acetylenes is 1. The van der Waals surface area contributed by atoms with Gasteiger partial charge in [0.1, 0.15) is 6.10 Å². The van der Waals surface area contributed by atoms with Crippen LogP contribution < -0.4 is 0 Å². The zero-order valence-corrected chi connectivity index (χ0v) is 11.8. The minimum Gasteiger partial charge on any atom is -0.473 e. The Morgan fingerprint density at radius 3 is 2.41 bits per heavy atom. The molecule has 0 saturated heterocycles. The van der Waals surface area contributed by atoms with Crippen LogP contribution in [0.4, 0.5) is 0 Å². The molecule has 0 heterocycles. The number of halogens is 3. The topological polar surface area (TPSA) is 33.1 Å². The molecule has 1 saturated carbocycles. The van der Waals surface area contributed by atoms with Gasteiger partial charge in [0.25, 0.3) is 3.79 Å². The van der Waals surface area contributed by atoms with E-state index in [4.69, 9.17) is 51.4 Å². The Morgan fingerprint density at radius 2 is 1.94 bits per heavy atom. The Hall–Kier alpha value is -0.100. The molecule has 0 bridgehead atoms. The predicted octanol–water partition coefficient (Wildman–Crippen LogP) is 4.32. The van der Waals surface area contributed by atoms with Crippen LogP contribution in [-0.4, -0.2) is 15.8 Å². The fraction of sp³-hybridized carbons (Fsp3) is 0.750. The van der Waals surface area contributed by atoms with Gasteiger partial charge in [-0.1, -0.05) is 54.1 Å². The van der Waals surface area contributed by atoms with Crippen LogP contribution >= 0.6 is 34.8 Å². The van der Waals surface area contributed by atoms with Gasteiger partial charge in [-0.2, -0.15) is 0 Å². The lowest BCUT2D eigenvalue weighted by Gasteiger charge is -2.30. The van der Waals surface area contributed by atoms with Crippen LogP contribution in [0.1, 0.15) is 38.5 Å². The molecular formula is C12H16Cl3NO. The zero-order valence-electron chi connectivity index (χ0n) is 9.52. The van der Waals surface area contributed by atoms with E-state index >= 15 is 0 Å². The molecular weight excluding hydrogens is 280 g/mol. The SMILES string of the molecule is C#CCC(OC(=N)C(Cl)(Cl)Cl)C1CCCCC1. The number of hydrogen-bond acceptors (Lipinski definition) is 2. The number of alkyl halides is 3. The zero-order chi connectivity index (χ0) is 12.9. The third-order valence-electron chi connectivity index (χ3n) is 3.02. The summed E-state index contributed by atoms with van der Waals surface area (Å²) in [5.41, 5.74) is 0. The van der Waals surface area contributed by atoms with Gasteiger partial charge in [0.15, 0.2) is 0 Å². The van der Waals surface area contributed by atoms with E-state index in [0.29, 0.717) is 12.3 Å². The lowest BCUT2D eigenvalue weighted by molar-refractivity contribution is 0.0974. The average Bonchev–Trinajstić information content (AvgIpc) is 2.28. The smallest absolute Gasteiger partial charge is 0.265 e. The van der Waals surface area contributed by atoms with Gasteiger partial charge in [0.05, 0.1) is 0 Å². The fourth-order valence-corrected chi connectivity index (χ4v) is 2.28. The lowest BCUT2D eigenvalue weighted by Crippen LogP contribution is -2.32. The Balaban J connectivity index is 2.59. The maximum Gasteiger partial charge on any atom is 0.265 e. The summed E-state index contributed by atoms with van der Waals surface area (Å²) in [5.74, 6) is 2.60. The molecule has 0 aliphatic heterocycles. The Labute approximate surface area is 117 Å². The summed E-state index contributed by atoms with van der Waals surface area (Å²) >= 11 is 16.8. The monoisotopic (exact) mass is 295 g/mol. The van der Waals surface area contributed by atoms with E-state index < -0.39 is 3.79 Å². The molecule has 5 heteroatoms. The van der Waals surface area contributed by atoms with Crippen LogP contribution in [-0.2, 0) is 4.74 Å². The van der Waals surface area contributed by atoms with Crippen molar-refractivity contribution in [2.75, 3.05) is 0 Å². The second-order valence-electron chi connectivity index (χ2n) is 4.29. The van der Waals surface area contributed by atoms with Crippen molar-refractivity contribution < 1.29 is 4.74 Å². The second-order valence-corrected chi connectivity index (χ2v) is 6.57. The fourth-order valence-electron chi connectivity index (χ4n) is 2.14. The molecule has 1 unspecified atom stereocenters. The Kier molecular flexibility index (Phi) is 5.92. The number of ether oxygens (including phenoxy) is 1. The summed E-state index contributed by atoms with van der Waals surface area (Å²) in [6.07, 6.45) is 11.3. The molecule has 0 spiro atoms. The molecule has 1 aliphatic carbocycles. The van der Waals surface area contributed by atoms with Crippen molar-refractivity contribution in [1.82, 2.24) is 0 Å². The molecule has 2 nitrogen and oxygen atoms in total. The minimum atomic E-state index is -1.80. The van der Waals surface area contributed by atoms with Crippen molar-refractivity contribution in [2.24, 2.45) is 5.92 Å². The maximum atomic E-state index is 7.58. The summed E-state index contributed by atoms with van der Waals surface area (Å²) in [4.78, 5) is 0. The molecule has 1 N–H and O–H groups in total. The van der Waals surface area contributed by atoms with E-state index in [2.05, 4.69) is 5.92 Å². The Bertz CT molecular complexity index is 300. The summed E-state index contributed by atoms with van der Waals surface area (Å²) in [7, 11) is 0. The van der Waals surface area contributed by atoms with Gasteiger partial charge in [-0.15, -0.1) is 12.3 Å². The number of nitrogens with one attached hydrogen (secondary N) is 1. The van der Waals surface area contributed by atoms with Crippen LogP contribution in [0.3, 0.4) is 0 Å². The molecule has 17 heavy (non-hydrogen) atoms. The first kappa shape index (κ1) is 15.0. The highest BCUT2D eigenvalue weighted by Crippen LogP contribution is 2.33. The van der Waals surface area contributed by atoms with Crippen LogP contribution in [0, 0.1) is 23.7 Å². The summed E-state index contributed by atoms with van der Waals surface area (Å²) in [5, 5.41) is 7.58. The van der Waals surface area contributed by atoms with E-state index in [1.807, 2.05) is 0 Å². The first-order valence-electron chi connectivity index (χ1n) is 5.71. The van der Waals surface area contributed by atoms with Crippen LogP contribution in [0.15, 0.2) is 0 Å². The third-order valence-corrected chi connectivity index (χ3v) is 3.54. The molecule has 0 radical (unpaired) electrons. The van der Waals surface area contributed by atoms with Crippen LogP contribution in [0.5, 0.6) is 0 Å². The van der Waals surface area contributed by atoms with E-state index in [-0.39, 0.29) is 12.0 Å². The van der Waals surface area contributed by atoms with Gasteiger partial charge < -0.3 is 4.74 Å². The van der Waals surface area contributed by atoms with Crippen molar-refractivity contribution in [3.8, 4) is 12.3 Å². The first-order valence-corrected chi connectivity index (χ1v) is 6.84. The van der Waals surface area contributed by atoms with Gasteiger partial charge in [-0.25, -0.2) is 0 Å². The number of rotatable bonds is 3. The van der Waals surface area contributed by atoms with Gasteiger partial charge in [-0.05, 0) is 18.8 Å². The normalized spacial score (nSPS) is 19.4. The predicted molar refractivity (Wildman–Crippen MR) is 72.9 cm³/mol. The quantitative estimate of drug-likeness (QED) is 0.358. The van der Waals surface area contributed by atoms with Crippen molar-refractivity contribution in [3.05, 3.63) is 0 Å². The summed E-state index contributed by atoms with van der Waals surface area (Å²) < 4.78 is 3.64. The molecule has 1 atom stereocenters. The van der Waals surface area contributed by atoms with Gasteiger partial charge in [0.2, 0.25) is 5.90 Å². The largest absolute Gasteiger partial charge is 0.473 e. The number of hydrogen-bond donors (Lipinski definition) is 1. The molecule has 0 amide bonds. The summed E-state index contributed by atoms with van der Waals surface area (Å²) in [6, 6.07) is 0. The lowest BCUT2D eigenvalue weighted by atomic mass is 9.84. The maximum absolute atomic E-state index is 7.58. The third kappa shape index (κ3) is 4.95. The van der Waals surface area contributed by atoms with E-state index in [1.54, 1.807) is 0 Å². The molecule has 0 aromatic carbocycles. The van der Waals surface area contributed by atoms with E-state index in [0.717, 1.165) is 12.8 Å². The van der Waals surface area contributed by atoms with E-state index in [9.17, 15) is 0 Å². The van der Waals surface area contributed by atoms with Crippen molar-refractivity contribution in [3.63, 3.8) is 0 Å². The van der Waals surface area contributed by atoms with Crippen molar-refractivity contribution >= 4 is 40.7 Å².